The van der Waals surface area contributed by atoms with E-state index in [0.29, 0.717) is 18.4 Å². The molecule has 2 unspecified atom stereocenters. The van der Waals surface area contributed by atoms with Gasteiger partial charge in [0.15, 0.2) is 0 Å². The van der Waals surface area contributed by atoms with Gasteiger partial charge in [0.2, 0.25) is 0 Å². The summed E-state index contributed by atoms with van der Waals surface area (Å²) in [6.07, 6.45) is 2.88. The summed E-state index contributed by atoms with van der Waals surface area (Å²) in [5.74, 6) is 1.96. The van der Waals surface area contributed by atoms with E-state index < -0.39 is 5.60 Å². The van der Waals surface area contributed by atoms with Crippen molar-refractivity contribution in [3.63, 3.8) is 0 Å². The van der Waals surface area contributed by atoms with E-state index in [1.165, 1.54) is 6.42 Å². The van der Waals surface area contributed by atoms with Crippen molar-refractivity contribution in [3.8, 4) is 5.75 Å². The van der Waals surface area contributed by atoms with Crippen molar-refractivity contribution in [1.82, 2.24) is 0 Å². The van der Waals surface area contributed by atoms with Crippen molar-refractivity contribution in [3.05, 3.63) is 29.8 Å². The molecule has 0 bridgehead atoms. The molecule has 1 aliphatic rings. The maximum atomic E-state index is 11.0. The van der Waals surface area contributed by atoms with E-state index in [4.69, 9.17) is 4.74 Å². The Morgan fingerprint density at radius 1 is 1.22 bits per heavy atom. The highest BCUT2D eigenvalue weighted by Crippen LogP contribution is 2.45. The second-order valence-electron chi connectivity index (χ2n) is 5.82. The van der Waals surface area contributed by atoms with Crippen LogP contribution < -0.4 is 4.74 Å². The largest absolute Gasteiger partial charge is 0.493 e. The summed E-state index contributed by atoms with van der Waals surface area (Å²) in [4.78, 5) is 0. The van der Waals surface area contributed by atoms with Crippen molar-refractivity contribution < 1.29 is 9.84 Å². The number of rotatable bonds is 3. The maximum absolute atomic E-state index is 11.0. The van der Waals surface area contributed by atoms with Gasteiger partial charge >= 0.3 is 0 Å². The second kappa shape index (κ2) is 5.31. The summed E-state index contributed by atoms with van der Waals surface area (Å²) in [5.41, 5.74) is 0.244. The molecule has 0 spiro atoms. The topological polar surface area (TPSA) is 29.5 Å². The number of aliphatic hydroxyl groups is 1. The number of ether oxygens (including phenoxy) is 1. The van der Waals surface area contributed by atoms with Crippen LogP contribution in [0.4, 0.5) is 0 Å². The van der Waals surface area contributed by atoms with Gasteiger partial charge in [-0.2, -0.15) is 0 Å². The van der Waals surface area contributed by atoms with Gasteiger partial charge < -0.3 is 9.84 Å². The minimum atomic E-state index is -0.719. The fourth-order valence-electron chi connectivity index (χ4n) is 3.44. The molecule has 0 amide bonds. The highest BCUT2D eigenvalue weighted by molar-refractivity contribution is 5.38. The van der Waals surface area contributed by atoms with Gasteiger partial charge in [-0.3, -0.25) is 0 Å². The molecule has 1 aromatic carbocycles. The van der Waals surface area contributed by atoms with E-state index in [0.717, 1.165) is 24.2 Å². The van der Waals surface area contributed by atoms with Gasteiger partial charge in [0, 0.05) is 5.56 Å². The number of benzene rings is 1. The highest BCUT2D eigenvalue weighted by Gasteiger charge is 2.39. The lowest BCUT2D eigenvalue weighted by Gasteiger charge is -2.40. The quantitative estimate of drug-likeness (QED) is 0.883. The first-order valence-electron chi connectivity index (χ1n) is 7.00. The third-order valence-corrected chi connectivity index (χ3v) is 3.87. The number of para-hydroxylation sites is 1. The Morgan fingerprint density at radius 3 is 2.44 bits per heavy atom. The minimum absolute atomic E-state index is 0.563. The molecular weight excluding hydrogens is 224 g/mol. The van der Waals surface area contributed by atoms with Crippen molar-refractivity contribution in [1.29, 1.82) is 0 Å². The first-order chi connectivity index (χ1) is 8.55. The van der Waals surface area contributed by atoms with E-state index >= 15 is 0 Å². The lowest BCUT2D eigenvalue weighted by Crippen LogP contribution is -2.35. The summed E-state index contributed by atoms with van der Waals surface area (Å²) in [7, 11) is 0. The summed E-state index contributed by atoms with van der Waals surface area (Å²) in [6.45, 7) is 7.07. The smallest absolute Gasteiger partial charge is 0.125 e. The summed E-state index contributed by atoms with van der Waals surface area (Å²) in [5, 5.41) is 11.0. The fraction of sp³-hybridized carbons (Fsp3) is 0.625. The van der Waals surface area contributed by atoms with Gasteiger partial charge in [0.05, 0.1) is 12.2 Å². The van der Waals surface area contributed by atoms with Gasteiger partial charge in [-0.1, -0.05) is 32.0 Å². The van der Waals surface area contributed by atoms with Crippen LogP contribution >= 0.6 is 0 Å². The SMILES string of the molecule is CCOc1ccccc1C1(O)CC(C)CC(C)C1. The Hall–Kier alpha value is -1.02. The second-order valence-corrected chi connectivity index (χ2v) is 5.82. The van der Waals surface area contributed by atoms with Crippen LogP contribution in [0.3, 0.4) is 0 Å². The first kappa shape index (κ1) is 13.4. The molecule has 0 heterocycles. The maximum Gasteiger partial charge on any atom is 0.125 e. The first-order valence-corrected chi connectivity index (χ1v) is 7.00. The third kappa shape index (κ3) is 2.69. The molecule has 1 saturated carbocycles. The zero-order valence-electron chi connectivity index (χ0n) is 11.6. The Labute approximate surface area is 110 Å². The molecule has 2 atom stereocenters. The fourth-order valence-corrected chi connectivity index (χ4v) is 3.44. The molecule has 0 aromatic heterocycles. The Kier molecular flexibility index (Phi) is 3.96. The van der Waals surface area contributed by atoms with Crippen LogP contribution in [0.5, 0.6) is 5.75 Å². The molecule has 2 heteroatoms. The molecule has 1 aliphatic carbocycles. The molecular formula is C16H24O2. The zero-order chi connectivity index (χ0) is 13.2. The van der Waals surface area contributed by atoms with Crippen molar-refractivity contribution in [2.45, 2.75) is 45.6 Å². The minimum Gasteiger partial charge on any atom is -0.493 e. The van der Waals surface area contributed by atoms with E-state index in [2.05, 4.69) is 13.8 Å². The molecule has 2 nitrogen and oxygen atoms in total. The molecule has 2 rings (SSSR count). The average molecular weight is 248 g/mol. The molecule has 0 aliphatic heterocycles. The van der Waals surface area contributed by atoms with Crippen LogP contribution in [-0.4, -0.2) is 11.7 Å². The molecule has 0 saturated heterocycles. The van der Waals surface area contributed by atoms with Crippen LogP contribution in [0.25, 0.3) is 0 Å². The van der Waals surface area contributed by atoms with E-state index in [-0.39, 0.29) is 0 Å². The van der Waals surface area contributed by atoms with Crippen molar-refractivity contribution in [2.24, 2.45) is 11.8 Å². The third-order valence-electron chi connectivity index (χ3n) is 3.87. The standard InChI is InChI=1S/C16H24O2/c1-4-18-15-8-6-5-7-14(15)16(17)10-12(2)9-13(3)11-16/h5-8,12-13,17H,4,9-11H2,1-3H3. The summed E-state index contributed by atoms with van der Waals surface area (Å²) >= 11 is 0. The van der Waals surface area contributed by atoms with E-state index in [1.807, 2.05) is 31.2 Å². The predicted molar refractivity (Wildman–Crippen MR) is 73.7 cm³/mol. The average Bonchev–Trinajstić information content (AvgIpc) is 2.28. The molecule has 0 radical (unpaired) electrons. The predicted octanol–water partition coefficient (Wildman–Crippen LogP) is 3.73. The van der Waals surface area contributed by atoms with Crippen LogP contribution in [0, 0.1) is 11.8 Å². The van der Waals surface area contributed by atoms with Gasteiger partial charge in [-0.15, -0.1) is 0 Å². The van der Waals surface area contributed by atoms with Crippen LogP contribution in [0.15, 0.2) is 24.3 Å². The molecule has 1 aromatic rings. The van der Waals surface area contributed by atoms with Gasteiger partial charge in [0.1, 0.15) is 5.75 Å². The lowest BCUT2D eigenvalue weighted by atomic mass is 9.70. The highest BCUT2D eigenvalue weighted by atomic mass is 16.5. The van der Waals surface area contributed by atoms with Crippen LogP contribution in [-0.2, 0) is 5.60 Å². The monoisotopic (exact) mass is 248 g/mol. The van der Waals surface area contributed by atoms with Gasteiger partial charge in [-0.25, -0.2) is 0 Å². The van der Waals surface area contributed by atoms with Gasteiger partial charge in [0.25, 0.3) is 0 Å². The Balaban J connectivity index is 2.33. The Morgan fingerprint density at radius 2 is 1.83 bits per heavy atom. The number of hydrogen-bond donors (Lipinski definition) is 1. The van der Waals surface area contributed by atoms with E-state index in [9.17, 15) is 5.11 Å². The molecule has 1 fully saturated rings. The molecule has 1 N–H and O–H groups in total. The Bertz CT molecular complexity index is 390. The van der Waals surface area contributed by atoms with Crippen LogP contribution in [0.1, 0.15) is 45.6 Å². The summed E-state index contributed by atoms with van der Waals surface area (Å²) in [6, 6.07) is 7.92. The van der Waals surface area contributed by atoms with Crippen molar-refractivity contribution in [2.75, 3.05) is 6.61 Å². The van der Waals surface area contributed by atoms with Crippen LogP contribution in [0.2, 0.25) is 0 Å². The number of hydrogen-bond acceptors (Lipinski definition) is 2. The molecule has 18 heavy (non-hydrogen) atoms. The normalized spacial score (nSPS) is 32.2. The lowest BCUT2D eigenvalue weighted by molar-refractivity contribution is -0.0380. The summed E-state index contributed by atoms with van der Waals surface area (Å²) < 4.78 is 5.67. The van der Waals surface area contributed by atoms with Crippen molar-refractivity contribution >= 4 is 0 Å². The zero-order valence-corrected chi connectivity index (χ0v) is 11.6. The van der Waals surface area contributed by atoms with E-state index in [1.54, 1.807) is 0 Å². The molecule has 100 valence electrons. The van der Waals surface area contributed by atoms with Gasteiger partial charge in [-0.05, 0) is 44.1 Å².